The number of rotatable bonds is 8. The Balaban J connectivity index is 1.82. The molecule has 0 unspecified atom stereocenters. The summed E-state index contributed by atoms with van der Waals surface area (Å²) in [5.41, 5.74) is -1.62. The van der Waals surface area contributed by atoms with Crippen LogP contribution in [-0.2, 0) is 52.3 Å². The second kappa shape index (κ2) is 20.4. The highest BCUT2D eigenvalue weighted by Crippen LogP contribution is 2.50. The first-order valence-electron chi connectivity index (χ1n) is 20.9. The third kappa shape index (κ3) is 12.2. The Kier molecular flexibility index (Phi) is 16.7. The van der Waals surface area contributed by atoms with Crippen molar-refractivity contribution in [2.75, 3.05) is 7.11 Å². The Bertz CT molecular complexity index is 1680. The molecule has 6 bridgehead atoms. The largest absolute Gasteiger partial charge is 0.466 e. The van der Waals surface area contributed by atoms with Gasteiger partial charge in [0, 0.05) is 50.2 Å². The minimum Gasteiger partial charge on any atom is -0.466 e. The maximum atomic E-state index is 13.4. The van der Waals surface area contributed by atoms with E-state index in [-0.39, 0.29) is 37.7 Å². The number of carbonyl (C=O) groups is 4. The van der Waals surface area contributed by atoms with E-state index < -0.39 is 108 Å². The predicted octanol–water partition coefficient (Wildman–Crippen LogP) is 4.74. The minimum absolute atomic E-state index is 0.0786. The third-order valence-electron chi connectivity index (χ3n) is 11.9. The molecule has 4 aliphatic heterocycles. The minimum atomic E-state index is -2.39. The number of unbranched alkanes of at least 4 members (excludes halogenated alkanes) is 1. The Morgan fingerprint density at radius 1 is 0.967 bits per heavy atom. The van der Waals surface area contributed by atoms with Gasteiger partial charge in [0.2, 0.25) is 5.79 Å². The van der Waals surface area contributed by atoms with Crippen LogP contribution in [0.1, 0.15) is 113 Å². The van der Waals surface area contributed by atoms with E-state index in [1.54, 1.807) is 45.9 Å². The lowest BCUT2D eigenvalue weighted by molar-refractivity contribution is -0.348. The molecule has 4 N–H and O–H groups in total. The van der Waals surface area contributed by atoms with Crippen LogP contribution in [0, 0.1) is 10.8 Å². The molecule has 15 nitrogen and oxygen atoms in total. The van der Waals surface area contributed by atoms with Crippen molar-refractivity contribution in [3.05, 3.63) is 60.3 Å². The maximum absolute atomic E-state index is 13.4. The molecule has 0 aromatic carbocycles. The van der Waals surface area contributed by atoms with Gasteiger partial charge in [-0.15, -0.1) is 0 Å². The first-order valence-corrected chi connectivity index (χ1v) is 20.9. The van der Waals surface area contributed by atoms with E-state index in [0.717, 1.165) is 24.5 Å². The number of cyclic esters (lactones) is 1. The van der Waals surface area contributed by atoms with Crippen LogP contribution < -0.4 is 0 Å². The number of fused-ring (bicyclic) bond motifs is 6. The molecule has 0 aromatic rings. The molecule has 0 amide bonds. The monoisotopic (exact) mass is 846 g/mol. The number of methoxy groups -OCH3 is 1. The molecule has 4 rings (SSSR count). The number of hydrogen-bond acceptors (Lipinski definition) is 15. The van der Waals surface area contributed by atoms with Crippen LogP contribution in [-0.4, -0.2) is 118 Å². The van der Waals surface area contributed by atoms with Crippen molar-refractivity contribution in [3.63, 3.8) is 0 Å². The first kappa shape index (κ1) is 49.0. The average molecular weight is 847 g/mol. The summed E-state index contributed by atoms with van der Waals surface area (Å²) in [6.07, 6.45) is 3.04. The number of allylic oxidation sites excluding steroid dienone is 3. The van der Waals surface area contributed by atoms with Crippen LogP contribution in [0.25, 0.3) is 0 Å². The molecule has 60 heavy (non-hydrogen) atoms. The van der Waals surface area contributed by atoms with Crippen LogP contribution in [0.2, 0.25) is 0 Å². The molecule has 3 fully saturated rings. The lowest BCUT2D eigenvalue weighted by atomic mass is 9.70. The van der Waals surface area contributed by atoms with Gasteiger partial charge in [-0.2, -0.15) is 0 Å². The lowest BCUT2D eigenvalue weighted by Gasteiger charge is -2.53. The molecule has 0 aliphatic carbocycles. The summed E-state index contributed by atoms with van der Waals surface area (Å²) in [6, 6.07) is 0. The number of hydrogen-bond donors (Lipinski definition) is 4. The smallest absolute Gasteiger partial charge is 0.331 e. The van der Waals surface area contributed by atoms with E-state index in [4.69, 9.17) is 33.2 Å². The summed E-state index contributed by atoms with van der Waals surface area (Å²) >= 11 is 0. The molecule has 336 valence electrons. The maximum Gasteiger partial charge on any atom is 0.331 e. The Hall–Kier alpha value is -3.70. The first-order chi connectivity index (χ1) is 28.0. The number of aliphatic hydroxyl groups excluding tert-OH is 2. The fourth-order valence-electron chi connectivity index (χ4n) is 8.28. The second-order valence-corrected chi connectivity index (χ2v) is 17.7. The summed E-state index contributed by atoms with van der Waals surface area (Å²) in [4.78, 5) is 51.8. The zero-order chi connectivity index (χ0) is 44.6. The summed E-state index contributed by atoms with van der Waals surface area (Å²) in [7, 11) is 1.18. The van der Waals surface area contributed by atoms with E-state index in [1.165, 1.54) is 33.1 Å². The Morgan fingerprint density at radius 2 is 1.68 bits per heavy atom. The van der Waals surface area contributed by atoms with Crippen molar-refractivity contribution in [3.8, 4) is 0 Å². The molecule has 4 aliphatic rings. The van der Waals surface area contributed by atoms with Gasteiger partial charge in [0.25, 0.3) is 0 Å². The van der Waals surface area contributed by atoms with Crippen molar-refractivity contribution >= 4 is 23.9 Å². The van der Waals surface area contributed by atoms with Crippen LogP contribution in [0.5, 0.6) is 0 Å². The van der Waals surface area contributed by atoms with Crippen molar-refractivity contribution in [1.29, 1.82) is 0 Å². The summed E-state index contributed by atoms with van der Waals surface area (Å²) in [5, 5.41) is 47.2. The quantitative estimate of drug-likeness (QED) is 0.0854. The molecule has 11 atom stereocenters. The van der Waals surface area contributed by atoms with Gasteiger partial charge < -0.3 is 53.6 Å². The standard InChI is InChI=1S/C45H66O15/c1-10-11-12-13-14-15-38(49)58-41-30(21-39(50)54-9)20-33-24-36(28(3)46)57-40(51)23-31(48)22-34-25-37(55-29(4)47)43(7,8)44(52,59-34)26-35-19-27(2)18-32(56-35)16-17-42(5,6)45(41,53)60-33/h12-17,21,28,31-37,41,46,48,52-53H,2,10-11,18-20,22-26H2,1,3-9H3/b13-12+,15-14+,17-16+,30-21+/t28-,31-,32+,33+,34-,35+,36-,37+,41+,44+,45-/m1/s1. The van der Waals surface area contributed by atoms with Gasteiger partial charge in [-0.1, -0.05) is 83.6 Å². The van der Waals surface area contributed by atoms with Gasteiger partial charge in [-0.3, -0.25) is 9.59 Å². The topological polar surface area (TPSA) is 214 Å². The van der Waals surface area contributed by atoms with E-state index in [2.05, 4.69) is 6.58 Å². The Morgan fingerprint density at radius 3 is 2.33 bits per heavy atom. The highest BCUT2D eigenvalue weighted by Gasteiger charge is 2.59. The van der Waals surface area contributed by atoms with Gasteiger partial charge in [-0.05, 0) is 38.2 Å². The van der Waals surface area contributed by atoms with Crippen LogP contribution in [0.4, 0.5) is 0 Å². The molecule has 0 radical (unpaired) electrons. The fourth-order valence-corrected chi connectivity index (χ4v) is 8.28. The van der Waals surface area contributed by atoms with Crippen LogP contribution in [0.3, 0.4) is 0 Å². The normalized spacial score (nSPS) is 36.8. The molecule has 0 spiro atoms. The van der Waals surface area contributed by atoms with Gasteiger partial charge in [0.05, 0.1) is 55.6 Å². The number of carbonyl (C=O) groups excluding carboxylic acids is 4. The van der Waals surface area contributed by atoms with Crippen molar-refractivity contribution in [2.24, 2.45) is 10.8 Å². The Labute approximate surface area is 353 Å². The second-order valence-electron chi connectivity index (χ2n) is 17.7. The summed E-state index contributed by atoms with van der Waals surface area (Å²) in [6.45, 7) is 15.7. The van der Waals surface area contributed by atoms with Gasteiger partial charge in [0.1, 0.15) is 12.2 Å². The molecule has 0 aromatic heterocycles. The zero-order valence-electron chi connectivity index (χ0n) is 36.3. The van der Waals surface area contributed by atoms with Crippen molar-refractivity contribution in [2.45, 2.75) is 179 Å². The predicted molar refractivity (Wildman–Crippen MR) is 217 cm³/mol. The van der Waals surface area contributed by atoms with Crippen LogP contribution >= 0.6 is 0 Å². The highest BCUT2D eigenvalue weighted by molar-refractivity contribution is 5.84. The van der Waals surface area contributed by atoms with E-state index in [9.17, 15) is 39.6 Å². The highest BCUT2D eigenvalue weighted by atomic mass is 16.7. The third-order valence-corrected chi connectivity index (χ3v) is 11.9. The lowest BCUT2D eigenvalue weighted by Crippen LogP contribution is -2.62. The zero-order valence-corrected chi connectivity index (χ0v) is 36.3. The van der Waals surface area contributed by atoms with Gasteiger partial charge in [-0.25, -0.2) is 9.59 Å². The SMILES string of the molecule is C=C1C[C@H]2C[C@]3(O)O[C@H](C[C@@H](O)CC(=O)O[C@@H]([C@@H](C)O)C[C@@H]4C/C(=C\C(=O)OC)[C@H](OC(=O)/C=C/C=C/CCC)[C@@](O)(O4)C(C)(C)/C=C/[C@@H](C1)O2)C[C@H](OC(C)=O)C3(C)C. The van der Waals surface area contributed by atoms with E-state index in [0.29, 0.717) is 12.8 Å². The van der Waals surface area contributed by atoms with E-state index in [1.807, 2.05) is 13.0 Å². The number of aliphatic hydroxyl groups is 4. The van der Waals surface area contributed by atoms with Crippen molar-refractivity contribution in [1.82, 2.24) is 0 Å². The summed E-state index contributed by atoms with van der Waals surface area (Å²) in [5.74, 6) is -7.36. The molecule has 0 saturated carbocycles. The molecular formula is C45H66O15. The molecule has 4 heterocycles. The summed E-state index contributed by atoms with van der Waals surface area (Å²) < 4.78 is 41.6. The van der Waals surface area contributed by atoms with Gasteiger partial charge >= 0.3 is 23.9 Å². The fraction of sp³-hybridized carbons (Fsp3) is 0.689. The van der Waals surface area contributed by atoms with Crippen LogP contribution in [0.15, 0.2) is 60.3 Å². The molecule has 3 saturated heterocycles. The molecule has 15 heteroatoms. The molecular weight excluding hydrogens is 780 g/mol. The van der Waals surface area contributed by atoms with Crippen molar-refractivity contribution < 1.29 is 72.8 Å². The number of ether oxygens (including phenoxy) is 7. The van der Waals surface area contributed by atoms with E-state index >= 15 is 0 Å². The number of esters is 4. The van der Waals surface area contributed by atoms with Gasteiger partial charge in [0.15, 0.2) is 11.9 Å². The average Bonchev–Trinajstić information content (AvgIpc) is 3.13.